The highest BCUT2D eigenvalue weighted by Gasteiger charge is 2.36. The van der Waals surface area contributed by atoms with Crippen molar-refractivity contribution in [2.75, 3.05) is 33.3 Å². The normalized spacial score (nSPS) is 19.0. The number of rotatable bonds is 3. The number of methoxy groups -OCH3 is 1. The molecule has 0 saturated carbocycles. The lowest BCUT2D eigenvalue weighted by Crippen LogP contribution is -2.46. The van der Waals surface area contributed by atoms with Crippen LogP contribution in [-0.4, -0.2) is 56.9 Å². The Labute approximate surface area is 141 Å². The SMILES string of the molecule is COc1ccc(Cl)cc1S(=O)(=O)N1CCN=C1N1CCCCC1. The molecule has 0 aliphatic carbocycles. The van der Waals surface area contributed by atoms with Gasteiger partial charge in [0.2, 0.25) is 5.96 Å². The molecule has 23 heavy (non-hydrogen) atoms. The largest absolute Gasteiger partial charge is 0.495 e. The van der Waals surface area contributed by atoms with Crippen LogP contribution < -0.4 is 4.74 Å². The lowest BCUT2D eigenvalue weighted by molar-refractivity contribution is 0.320. The number of aliphatic imine (C=N–C) groups is 1. The van der Waals surface area contributed by atoms with E-state index in [1.165, 1.54) is 23.9 Å². The molecule has 0 amide bonds. The second-order valence-electron chi connectivity index (χ2n) is 5.60. The molecule has 0 aromatic heterocycles. The third kappa shape index (κ3) is 3.12. The number of benzene rings is 1. The number of piperidine rings is 1. The minimum Gasteiger partial charge on any atom is -0.495 e. The van der Waals surface area contributed by atoms with Gasteiger partial charge in [0.1, 0.15) is 10.6 Å². The molecule has 2 aliphatic rings. The van der Waals surface area contributed by atoms with Crippen LogP contribution in [0, 0.1) is 0 Å². The summed E-state index contributed by atoms with van der Waals surface area (Å²) in [6.45, 7) is 2.52. The summed E-state index contributed by atoms with van der Waals surface area (Å²) in [5.74, 6) is 0.839. The van der Waals surface area contributed by atoms with Gasteiger partial charge < -0.3 is 9.64 Å². The van der Waals surface area contributed by atoms with Crippen molar-refractivity contribution in [3.05, 3.63) is 23.2 Å². The van der Waals surface area contributed by atoms with Crippen molar-refractivity contribution in [3.8, 4) is 5.75 Å². The van der Waals surface area contributed by atoms with E-state index in [-0.39, 0.29) is 4.90 Å². The molecule has 6 nitrogen and oxygen atoms in total. The summed E-state index contributed by atoms with van der Waals surface area (Å²) in [5, 5.41) is 0.361. The van der Waals surface area contributed by atoms with Crippen LogP contribution in [0.15, 0.2) is 28.1 Å². The fourth-order valence-corrected chi connectivity index (χ4v) is 4.84. The molecule has 0 unspecified atom stereocenters. The molecule has 1 aromatic carbocycles. The highest BCUT2D eigenvalue weighted by atomic mass is 35.5. The Morgan fingerprint density at radius 3 is 2.61 bits per heavy atom. The average molecular weight is 358 g/mol. The summed E-state index contributed by atoms with van der Waals surface area (Å²) in [4.78, 5) is 6.57. The number of guanidine groups is 1. The lowest BCUT2D eigenvalue weighted by atomic mass is 10.1. The molecule has 1 saturated heterocycles. The van der Waals surface area contributed by atoms with E-state index in [2.05, 4.69) is 9.89 Å². The lowest BCUT2D eigenvalue weighted by Gasteiger charge is -2.33. The van der Waals surface area contributed by atoms with E-state index in [1.807, 2.05) is 0 Å². The highest BCUT2D eigenvalue weighted by Crippen LogP contribution is 2.31. The molecule has 0 radical (unpaired) electrons. The van der Waals surface area contributed by atoms with Crippen molar-refractivity contribution in [2.24, 2.45) is 4.99 Å². The first-order chi connectivity index (χ1) is 11.0. The monoisotopic (exact) mass is 357 g/mol. The zero-order valence-electron chi connectivity index (χ0n) is 13.0. The van der Waals surface area contributed by atoms with Crippen molar-refractivity contribution < 1.29 is 13.2 Å². The number of halogens is 1. The minimum atomic E-state index is -3.75. The van der Waals surface area contributed by atoms with Gasteiger partial charge in [-0.15, -0.1) is 0 Å². The van der Waals surface area contributed by atoms with Crippen molar-refractivity contribution in [3.63, 3.8) is 0 Å². The van der Waals surface area contributed by atoms with Crippen LogP contribution in [0.3, 0.4) is 0 Å². The maximum atomic E-state index is 13.1. The predicted octanol–water partition coefficient (Wildman–Crippen LogP) is 2.19. The number of likely N-dealkylation sites (tertiary alicyclic amines) is 1. The van der Waals surface area contributed by atoms with E-state index >= 15 is 0 Å². The van der Waals surface area contributed by atoms with Gasteiger partial charge >= 0.3 is 0 Å². The second-order valence-corrected chi connectivity index (χ2v) is 7.87. The third-order valence-electron chi connectivity index (χ3n) is 4.11. The molecule has 2 heterocycles. The van der Waals surface area contributed by atoms with Crippen LogP contribution in [0.2, 0.25) is 5.02 Å². The van der Waals surface area contributed by atoms with Crippen molar-refractivity contribution in [1.29, 1.82) is 0 Å². The highest BCUT2D eigenvalue weighted by molar-refractivity contribution is 7.89. The Bertz CT molecular complexity index is 715. The molecule has 8 heteroatoms. The first-order valence-electron chi connectivity index (χ1n) is 7.70. The fourth-order valence-electron chi connectivity index (χ4n) is 2.97. The zero-order chi connectivity index (χ0) is 16.4. The van der Waals surface area contributed by atoms with Gasteiger partial charge in [-0.2, -0.15) is 0 Å². The Kier molecular flexibility index (Phi) is 4.68. The maximum absolute atomic E-state index is 13.1. The Balaban J connectivity index is 1.96. The molecule has 0 atom stereocenters. The first-order valence-corrected chi connectivity index (χ1v) is 9.51. The molecule has 1 fully saturated rings. The van der Waals surface area contributed by atoms with Crippen LogP contribution in [0.1, 0.15) is 19.3 Å². The van der Waals surface area contributed by atoms with Crippen molar-refractivity contribution in [2.45, 2.75) is 24.2 Å². The smallest absolute Gasteiger partial charge is 0.270 e. The van der Waals surface area contributed by atoms with Crippen LogP contribution in [0.4, 0.5) is 0 Å². The Morgan fingerprint density at radius 1 is 1.17 bits per heavy atom. The summed E-state index contributed by atoms with van der Waals surface area (Å²) in [6, 6.07) is 4.62. The molecule has 126 valence electrons. The number of sulfonamides is 1. The van der Waals surface area contributed by atoms with Crippen molar-refractivity contribution in [1.82, 2.24) is 9.21 Å². The van der Waals surface area contributed by atoms with Gasteiger partial charge in [-0.3, -0.25) is 4.99 Å². The van der Waals surface area contributed by atoms with E-state index in [9.17, 15) is 8.42 Å². The van der Waals surface area contributed by atoms with Gasteiger partial charge in [0.25, 0.3) is 10.0 Å². The minimum absolute atomic E-state index is 0.0825. The number of hydrogen-bond acceptors (Lipinski definition) is 5. The molecule has 3 rings (SSSR count). The van der Waals surface area contributed by atoms with Crippen LogP contribution >= 0.6 is 11.6 Å². The summed E-state index contributed by atoms with van der Waals surface area (Å²) in [5.41, 5.74) is 0. The molecule has 0 spiro atoms. The molecule has 0 bridgehead atoms. The quantitative estimate of drug-likeness (QED) is 0.832. The van der Waals surface area contributed by atoms with E-state index in [4.69, 9.17) is 16.3 Å². The van der Waals surface area contributed by atoms with Gasteiger partial charge in [-0.25, -0.2) is 12.7 Å². The molecule has 1 aromatic rings. The number of hydrogen-bond donors (Lipinski definition) is 0. The molecular weight excluding hydrogens is 338 g/mol. The van der Waals surface area contributed by atoms with E-state index in [1.54, 1.807) is 12.1 Å². The van der Waals surface area contributed by atoms with Crippen LogP contribution in [0.25, 0.3) is 0 Å². The standard InChI is InChI=1S/C15H20ClN3O3S/c1-22-13-6-5-12(16)11-14(13)23(20,21)19-10-7-17-15(19)18-8-3-2-4-9-18/h5-6,11H,2-4,7-10H2,1H3. The maximum Gasteiger partial charge on any atom is 0.270 e. The van der Waals surface area contributed by atoms with Gasteiger partial charge in [-0.05, 0) is 37.5 Å². The van der Waals surface area contributed by atoms with E-state index in [0.717, 1.165) is 25.9 Å². The summed E-state index contributed by atoms with van der Waals surface area (Å²) < 4.78 is 32.8. The number of nitrogens with zero attached hydrogens (tertiary/aromatic N) is 3. The van der Waals surface area contributed by atoms with E-state index < -0.39 is 10.0 Å². The van der Waals surface area contributed by atoms with Crippen LogP contribution in [-0.2, 0) is 10.0 Å². The van der Waals surface area contributed by atoms with Gasteiger partial charge in [0.15, 0.2) is 0 Å². The van der Waals surface area contributed by atoms with Crippen molar-refractivity contribution >= 4 is 27.6 Å². The fraction of sp³-hybridized carbons (Fsp3) is 0.533. The number of ether oxygens (including phenoxy) is 1. The van der Waals surface area contributed by atoms with Crippen LogP contribution in [0.5, 0.6) is 5.75 Å². The predicted molar refractivity (Wildman–Crippen MR) is 89.6 cm³/mol. The van der Waals surface area contributed by atoms with Gasteiger partial charge in [-0.1, -0.05) is 11.6 Å². The second kappa shape index (κ2) is 6.57. The van der Waals surface area contributed by atoms with E-state index in [0.29, 0.717) is 29.8 Å². The summed E-state index contributed by atoms with van der Waals surface area (Å²) in [7, 11) is -2.30. The topological polar surface area (TPSA) is 62.2 Å². The molecule has 0 N–H and O–H groups in total. The molecule has 2 aliphatic heterocycles. The first kappa shape index (κ1) is 16.4. The summed E-state index contributed by atoms with van der Waals surface area (Å²) >= 11 is 5.99. The third-order valence-corrected chi connectivity index (χ3v) is 6.15. The zero-order valence-corrected chi connectivity index (χ0v) is 14.6. The Morgan fingerprint density at radius 2 is 1.91 bits per heavy atom. The Hall–Kier alpha value is -1.47. The van der Waals surface area contributed by atoms with Gasteiger partial charge in [0.05, 0.1) is 20.2 Å². The van der Waals surface area contributed by atoms with Gasteiger partial charge in [0, 0.05) is 18.1 Å². The molecular formula is C15H20ClN3O3S. The average Bonchev–Trinajstić information content (AvgIpc) is 3.06. The summed E-state index contributed by atoms with van der Waals surface area (Å²) in [6.07, 6.45) is 3.30.